The van der Waals surface area contributed by atoms with Crippen molar-refractivity contribution in [1.82, 2.24) is 15.1 Å². The van der Waals surface area contributed by atoms with E-state index in [4.69, 9.17) is 0 Å². The molecule has 4 rings (SSSR count). The minimum absolute atomic E-state index is 0.0943. The molecule has 3 aliphatic rings. The molecular weight excluding hydrogens is 326 g/mol. The van der Waals surface area contributed by atoms with Crippen LogP contribution in [0.1, 0.15) is 44.1 Å². The molecule has 5 heteroatoms. The normalized spacial score (nSPS) is 26.9. The van der Waals surface area contributed by atoms with Crippen molar-refractivity contribution in [3.05, 3.63) is 35.9 Å². The van der Waals surface area contributed by atoms with E-state index in [9.17, 15) is 9.59 Å². The Morgan fingerprint density at radius 2 is 1.96 bits per heavy atom. The van der Waals surface area contributed by atoms with Crippen LogP contribution in [0, 0.1) is 5.41 Å². The SMILES string of the molecule is O=C(CN1CCC[C@@]2(CCC(=O)N(C3CC3)C2)C1)NCc1ccccc1. The smallest absolute Gasteiger partial charge is 0.234 e. The summed E-state index contributed by atoms with van der Waals surface area (Å²) in [6.07, 6.45) is 6.33. The lowest BCUT2D eigenvalue weighted by Crippen LogP contribution is -2.55. The highest BCUT2D eigenvalue weighted by molar-refractivity contribution is 5.78. The fraction of sp³-hybridized carbons (Fsp3) is 0.619. The number of carbonyl (C=O) groups excluding carboxylic acids is 2. The van der Waals surface area contributed by atoms with Gasteiger partial charge in [0.15, 0.2) is 0 Å². The van der Waals surface area contributed by atoms with Crippen LogP contribution in [-0.2, 0) is 16.1 Å². The van der Waals surface area contributed by atoms with Gasteiger partial charge in [-0.1, -0.05) is 30.3 Å². The molecule has 1 saturated carbocycles. The predicted molar refractivity (Wildman–Crippen MR) is 100 cm³/mol. The Morgan fingerprint density at radius 1 is 1.15 bits per heavy atom. The lowest BCUT2D eigenvalue weighted by Gasteiger charge is -2.48. The van der Waals surface area contributed by atoms with Crippen LogP contribution in [0.15, 0.2) is 30.3 Å². The molecule has 5 nitrogen and oxygen atoms in total. The Balaban J connectivity index is 1.30. The quantitative estimate of drug-likeness (QED) is 0.881. The Kier molecular flexibility index (Phi) is 4.98. The number of amides is 2. The number of likely N-dealkylation sites (tertiary alicyclic amines) is 2. The Morgan fingerprint density at radius 3 is 2.73 bits per heavy atom. The summed E-state index contributed by atoms with van der Waals surface area (Å²) in [5.41, 5.74) is 1.33. The molecule has 2 heterocycles. The average molecular weight is 355 g/mol. The van der Waals surface area contributed by atoms with E-state index in [1.54, 1.807) is 0 Å². The van der Waals surface area contributed by atoms with Crippen molar-refractivity contribution in [1.29, 1.82) is 0 Å². The first kappa shape index (κ1) is 17.5. The standard InChI is InChI=1S/C21H29N3O2/c25-19(22-13-17-5-2-1-3-6-17)14-23-12-4-10-21(15-23)11-9-20(26)24(16-21)18-7-8-18/h1-3,5-6,18H,4,7-16H2,(H,22,25)/t21-/m1/s1. The summed E-state index contributed by atoms with van der Waals surface area (Å²) in [4.78, 5) is 29.0. The molecule has 0 bridgehead atoms. The van der Waals surface area contributed by atoms with E-state index in [1.807, 2.05) is 30.3 Å². The largest absolute Gasteiger partial charge is 0.351 e. The van der Waals surface area contributed by atoms with Gasteiger partial charge in [0.2, 0.25) is 11.8 Å². The topological polar surface area (TPSA) is 52.7 Å². The van der Waals surface area contributed by atoms with Crippen molar-refractivity contribution >= 4 is 11.8 Å². The summed E-state index contributed by atoms with van der Waals surface area (Å²) in [5, 5.41) is 3.04. The number of piperidine rings is 2. The van der Waals surface area contributed by atoms with Crippen LogP contribution in [-0.4, -0.2) is 53.8 Å². The van der Waals surface area contributed by atoms with Gasteiger partial charge < -0.3 is 10.2 Å². The molecule has 1 spiro atoms. The minimum Gasteiger partial charge on any atom is -0.351 e. The summed E-state index contributed by atoms with van der Waals surface area (Å²) in [5.74, 6) is 0.438. The summed E-state index contributed by atoms with van der Waals surface area (Å²) >= 11 is 0. The number of rotatable bonds is 5. The third-order valence-corrected chi connectivity index (χ3v) is 6.12. The number of nitrogens with one attached hydrogen (secondary N) is 1. The van der Waals surface area contributed by atoms with Gasteiger partial charge in [-0.2, -0.15) is 0 Å². The van der Waals surface area contributed by atoms with Gasteiger partial charge in [-0.05, 0) is 44.2 Å². The maximum absolute atomic E-state index is 12.4. The number of nitrogens with zero attached hydrogens (tertiary/aromatic N) is 2. The second-order valence-corrected chi connectivity index (χ2v) is 8.33. The summed E-state index contributed by atoms with van der Waals surface area (Å²) in [7, 11) is 0. The van der Waals surface area contributed by atoms with E-state index < -0.39 is 0 Å². The molecule has 2 aliphatic heterocycles. The van der Waals surface area contributed by atoms with Crippen molar-refractivity contribution in [2.75, 3.05) is 26.2 Å². The zero-order valence-corrected chi connectivity index (χ0v) is 15.5. The average Bonchev–Trinajstić information content (AvgIpc) is 3.49. The van der Waals surface area contributed by atoms with Crippen molar-refractivity contribution in [3.8, 4) is 0 Å². The van der Waals surface area contributed by atoms with E-state index >= 15 is 0 Å². The summed E-state index contributed by atoms with van der Waals surface area (Å²) < 4.78 is 0. The van der Waals surface area contributed by atoms with Gasteiger partial charge in [-0.3, -0.25) is 14.5 Å². The molecule has 1 atom stereocenters. The number of carbonyl (C=O) groups is 2. The first-order valence-electron chi connectivity index (χ1n) is 9.96. The highest BCUT2D eigenvalue weighted by Gasteiger charge is 2.45. The molecular formula is C21H29N3O2. The van der Waals surface area contributed by atoms with Gasteiger partial charge in [0.25, 0.3) is 0 Å². The first-order valence-corrected chi connectivity index (χ1v) is 9.96. The van der Waals surface area contributed by atoms with Crippen molar-refractivity contribution < 1.29 is 9.59 Å². The van der Waals surface area contributed by atoms with Crippen molar-refractivity contribution in [3.63, 3.8) is 0 Å². The van der Waals surface area contributed by atoms with Crippen LogP contribution in [0.4, 0.5) is 0 Å². The van der Waals surface area contributed by atoms with Crippen LogP contribution in [0.2, 0.25) is 0 Å². The molecule has 26 heavy (non-hydrogen) atoms. The Bertz CT molecular complexity index is 658. The fourth-order valence-corrected chi connectivity index (χ4v) is 4.60. The number of hydrogen-bond acceptors (Lipinski definition) is 3. The second kappa shape index (κ2) is 7.39. The number of hydrogen-bond donors (Lipinski definition) is 1. The maximum atomic E-state index is 12.4. The lowest BCUT2D eigenvalue weighted by atomic mass is 9.73. The van der Waals surface area contributed by atoms with Crippen LogP contribution in [0.3, 0.4) is 0 Å². The Labute approximate surface area is 155 Å². The molecule has 1 aliphatic carbocycles. The predicted octanol–water partition coefficient (Wildman–Crippen LogP) is 2.17. The Hall–Kier alpha value is -1.88. The zero-order valence-electron chi connectivity index (χ0n) is 15.5. The number of benzene rings is 1. The minimum atomic E-state index is 0.0943. The monoisotopic (exact) mass is 355 g/mol. The second-order valence-electron chi connectivity index (χ2n) is 8.33. The third-order valence-electron chi connectivity index (χ3n) is 6.12. The van der Waals surface area contributed by atoms with E-state index in [0.717, 1.165) is 38.0 Å². The molecule has 1 aromatic rings. The zero-order chi connectivity index (χ0) is 18.0. The molecule has 140 valence electrons. The van der Waals surface area contributed by atoms with Crippen LogP contribution in [0.5, 0.6) is 0 Å². The van der Waals surface area contributed by atoms with Gasteiger partial charge in [0, 0.05) is 37.5 Å². The molecule has 0 radical (unpaired) electrons. The molecule has 2 amide bonds. The summed E-state index contributed by atoms with van der Waals surface area (Å²) in [6, 6.07) is 10.5. The van der Waals surface area contributed by atoms with E-state index in [2.05, 4.69) is 15.1 Å². The van der Waals surface area contributed by atoms with E-state index in [1.165, 1.54) is 19.3 Å². The van der Waals surface area contributed by atoms with Crippen LogP contribution in [0.25, 0.3) is 0 Å². The highest BCUT2D eigenvalue weighted by atomic mass is 16.2. The maximum Gasteiger partial charge on any atom is 0.234 e. The van der Waals surface area contributed by atoms with Crippen molar-refractivity contribution in [2.24, 2.45) is 5.41 Å². The molecule has 0 unspecified atom stereocenters. The van der Waals surface area contributed by atoms with Crippen LogP contribution >= 0.6 is 0 Å². The van der Waals surface area contributed by atoms with Crippen molar-refractivity contribution in [2.45, 2.75) is 51.1 Å². The third kappa shape index (κ3) is 4.09. The van der Waals surface area contributed by atoms with Gasteiger partial charge in [0.1, 0.15) is 0 Å². The molecule has 2 saturated heterocycles. The van der Waals surface area contributed by atoms with E-state index in [-0.39, 0.29) is 11.3 Å². The van der Waals surface area contributed by atoms with Gasteiger partial charge in [-0.15, -0.1) is 0 Å². The van der Waals surface area contributed by atoms with E-state index in [0.29, 0.717) is 31.5 Å². The fourth-order valence-electron chi connectivity index (χ4n) is 4.60. The summed E-state index contributed by atoms with van der Waals surface area (Å²) in [6.45, 7) is 3.88. The van der Waals surface area contributed by atoms with Gasteiger partial charge in [0.05, 0.1) is 6.54 Å². The molecule has 3 fully saturated rings. The molecule has 1 aromatic carbocycles. The van der Waals surface area contributed by atoms with Gasteiger partial charge in [-0.25, -0.2) is 0 Å². The van der Waals surface area contributed by atoms with Crippen LogP contribution < -0.4 is 5.32 Å². The lowest BCUT2D eigenvalue weighted by molar-refractivity contribution is -0.140. The molecule has 0 aromatic heterocycles. The van der Waals surface area contributed by atoms with Gasteiger partial charge >= 0.3 is 0 Å². The molecule has 1 N–H and O–H groups in total. The highest BCUT2D eigenvalue weighted by Crippen LogP contribution is 2.42. The first-order chi connectivity index (χ1) is 12.6.